The summed E-state index contributed by atoms with van der Waals surface area (Å²) in [5, 5.41) is 0. The van der Waals surface area contributed by atoms with Crippen LogP contribution in [0.5, 0.6) is 0 Å². The minimum absolute atomic E-state index is 0.0946. The summed E-state index contributed by atoms with van der Waals surface area (Å²) in [5.74, 6) is 0.0946. The summed E-state index contributed by atoms with van der Waals surface area (Å²) in [4.78, 5) is 16.8. The minimum atomic E-state index is -3.42. The van der Waals surface area contributed by atoms with E-state index in [-0.39, 0.29) is 5.91 Å². The Morgan fingerprint density at radius 2 is 1.67 bits per heavy atom. The molecule has 7 heteroatoms. The highest BCUT2D eigenvalue weighted by Gasteiger charge is 2.23. The summed E-state index contributed by atoms with van der Waals surface area (Å²) in [6.07, 6.45) is 2.07. The number of hydrogen-bond acceptors (Lipinski definition) is 4. The van der Waals surface area contributed by atoms with Gasteiger partial charge in [0, 0.05) is 44.8 Å². The van der Waals surface area contributed by atoms with E-state index >= 15 is 0 Å². The van der Waals surface area contributed by atoms with Gasteiger partial charge in [0.1, 0.15) is 0 Å². The number of benzene rings is 2. The normalized spacial score (nSPS) is 14.6. The number of piperazine rings is 1. The lowest BCUT2D eigenvalue weighted by Crippen LogP contribution is -2.48. The van der Waals surface area contributed by atoms with Gasteiger partial charge in [-0.05, 0) is 49.6 Å². The van der Waals surface area contributed by atoms with Crippen molar-refractivity contribution in [1.82, 2.24) is 4.90 Å². The number of sulfonamides is 1. The molecular formula is C23H31N3O3S. The van der Waals surface area contributed by atoms with Crippen LogP contribution in [-0.2, 0) is 14.8 Å². The van der Waals surface area contributed by atoms with E-state index in [1.807, 2.05) is 55.1 Å². The van der Waals surface area contributed by atoms with E-state index in [1.54, 1.807) is 0 Å². The molecule has 2 aromatic carbocycles. The molecule has 0 N–H and O–H groups in total. The van der Waals surface area contributed by atoms with Gasteiger partial charge in [0.25, 0.3) is 0 Å². The molecule has 1 aliphatic heterocycles. The fourth-order valence-electron chi connectivity index (χ4n) is 3.84. The average Bonchev–Trinajstić information content (AvgIpc) is 2.73. The van der Waals surface area contributed by atoms with Crippen LogP contribution in [-0.4, -0.2) is 58.2 Å². The first-order valence-corrected chi connectivity index (χ1v) is 12.2. The van der Waals surface area contributed by atoms with Gasteiger partial charge in [0.05, 0.1) is 11.9 Å². The second-order valence-corrected chi connectivity index (χ2v) is 9.84. The number of nitrogens with zero attached hydrogens (tertiary/aromatic N) is 3. The molecule has 0 spiro atoms. The third-order valence-corrected chi connectivity index (χ3v) is 6.72. The van der Waals surface area contributed by atoms with E-state index in [1.165, 1.54) is 16.2 Å². The van der Waals surface area contributed by atoms with E-state index in [0.29, 0.717) is 38.2 Å². The molecule has 2 aromatic rings. The fraction of sp³-hybridized carbons (Fsp3) is 0.435. The first-order chi connectivity index (χ1) is 14.3. The van der Waals surface area contributed by atoms with Crippen molar-refractivity contribution >= 4 is 27.3 Å². The molecule has 1 amide bonds. The van der Waals surface area contributed by atoms with Gasteiger partial charge in [0.15, 0.2) is 0 Å². The zero-order chi connectivity index (χ0) is 21.7. The summed E-state index contributed by atoms with van der Waals surface area (Å²) in [6.45, 7) is 7.17. The molecular weight excluding hydrogens is 398 g/mol. The second kappa shape index (κ2) is 9.51. The Morgan fingerprint density at radius 3 is 2.30 bits per heavy atom. The Hall–Kier alpha value is -2.54. The second-order valence-electron chi connectivity index (χ2n) is 7.93. The molecule has 162 valence electrons. The summed E-state index contributed by atoms with van der Waals surface area (Å²) >= 11 is 0. The third-order valence-electron chi connectivity index (χ3n) is 5.54. The highest BCUT2D eigenvalue weighted by atomic mass is 32.2. The number of carbonyl (C=O) groups excluding carboxylic acids is 1. The molecule has 0 unspecified atom stereocenters. The number of hydrogen-bond donors (Lipinski definition) is 0. The minimum Gasteiger partial charge on any atom is -0.368 e. The molecule has 0 atom stereocenters. The highest BCUT2D eigenvalue weighted by Crippen LogP contribution is 2.24. The van der Waals surface area contributed by atoms with Crippen molar-refractivity contribution in [3.63, 3.8) is 0 Å². The third kappa shape index (κ3) is 5.53. The molecule has 0 saturated carbocycles. The van der Waals surface area contributed by atoms with Gasteiger partial charge < -0.3 is 9.80 Å². The molecule has 0 aromatic heterocycles. The molecule has 3 rings (SSSR count). The summed E-state index contributed by atoms with van der Waals surface area (Å²) in [5.41, 5.74) is 3.80. The maximum absolute atomic E-state index is 12.7. The van der Waals surface area contributed by atoms with Gasteiger partial charge in [-0.15, -0.1) is 0 Å². The number of amides is 1. The van der Waals surface area contributed by atoms with Crippen molar-refractivity contribution in [2.45, 2.75) is 26.7 Å². The summed E-state index contributed by atoms with van der Waals surface area (Å²) < 4.78 is 26.2. The lowest BCUT2D eigenvalue weighted by atomic mass is 10.1. The van der Waals surface area contributed by atoms with Crippen LogP contribution in [0.1, 0.15) is 24.0 Å². The SMILES string of the molecule is Cc1ccc(C)c(N(CCCC(=O)N2CCN(c3ccccc3)CC2)S(C)(=O)=O)c1. The van der Waals surface area contributed by atoms with Crippen molar-refractivity contribution in [2.24, 2.45) is 0 Å². The Kier molecular flexibility index (Phi) is 7.02. The largest absolute Gasteiger partial charge is 0.368 e. The van der Waals surface area contributed by atoms with Gasteiger partial charge in [-0.1, -0.05) is 30.3 Å². The maximum Gasteiger partial charge on any atom is 0.232 e. The lowest BCUT2D eigenvalue weighted by molar-refractivity contribution is -0.131. The van der Waals surface area contributed by atoms with Crippen molar-refractivity contribution in [2.75, 3.05) is 48.2 Å². The average molecular weight is 430 g/mol. The van der Waals surface area contributed by atoms with Gasteiger partial charge in [0.2, 0.25) is 15.9 Å². The van der Waals surface area contributed by atoms with Crippen LogP contribution < -0.4 is 9.21 Å². The van der Waals surface area contributed by atoms with Crippen LogP contribution in [0.25, 0.3) is 0 Å². The number of aryl methyl sites for hydroxylation is 2. The molecule has 1 heterocycles. The topological polar surface area (TPSA) is 60.9 Å². The van der Waals surface area contributed by atoms with Crippen LogP contribution in [0.2, 0.25) is 0 Å². The van der Waals surface area contributed by atoms with Gasteiger partial charge in [-0.25, -0.2) is 8.42 Å². The Morgan fingerprint density at radius 1 is 1.00 bits per heavy atom. The first-order valence-electron chi connectivity index (χ1n) is 10.4. The number of rotatable bonds is 7. The fourth-order valence-corrected chi connectivity index (χ4v) is 4.85. The zero-order valence-corrected chi connectivity index (χ0v) is 18.9. The van der Waals surface area contributed by atoms with E-state index in [9.17, 15) is 13.2 Å². The van der Waals surface area contributed by atoms with Gasteiger partial charge >= 0.3 is 0 Å². The number of para-hydroxylation sites is 1. The Labute approximate surface area is 180 Å². The first kappa shape index (κ1) is 22.2. The van der Waals surface area contributed by atoms with Crippen molar-refractivity contribution in [1.29, 1.82) is 0 Å². The zero-order valence-electron chi connectivity index (χ0n) is 18.0. The quantitative estimate of drug-likeness (QED) is 0.678. The van der Waals surface area contributed by atoms with Crippen molar-refractivity contribution in [3.8, 4) is 0 Å². The molecule has 1 saturated heterocycles. The number of carbonyl (C=O) groups is 1. The van der Waals surface area contributed by atoms with Crippen LogP contribution in [0.4, 0.5) is 11.4 Å². The molecule has 6 nitrogen and oxygen atoms in total. The molecule has 30 heavy (non-hydrogen) atoms. The molecule has 0 radical (unpaired) electrons. The van der Waals surface area contributed by atoms with E-state index in [0.717, 1.165) is 24.2 Å². The highest BCUT2D eigenvalue weighted by molar-refractivity contribution is 7.92. The maximum atomic E-state index is 12.7. The van der Waals surface area contributed by atoms with E-state index < -0.39 is 10.0 Å². The monoisotopic (exact) mass is 429 g/mol. The predicted octanol–water partition coefficient (Wildman–Crippen LogP) is 3.20. The molecule has 1 aliphatic rings. The predicted molar refractivity (Wildman–Crippen MR) is 123 cm³/mol. The number of anilines is 2. The van der Waals surface area contributed by atoms with Crippen LogP contribution in [0.15, 0.2) is 48.5 Å². The standard InChI is InChI=1S/C23H31N3O3S/c1-19-11-12-20(2)22(18-19)26(30(3,28)29)13-7-10-23(27)25-16-14-24(15-17-25)21-8-5-4-6-9-21/h4-6,8-9,11-12,18H,7,10,13-17H2,1-3H3. The van der Waals surface area contributed by atoms with Crippen molar-refractivity contribution in [3.05, 3.63) is 59.7 Å². The molecule has 1 fully saturated rings. The van der Waals surface area contributed by atoms with Crippen LogP contribution in [0.3, 0.4) is 0 Å². The summed E-state index contributed by atoms with van der Waals surface area (Å²) in [7, 11) is -3.42. The molecule has 0 bridgehead atoms. The summed E-state index contributed by atoms with van der Waals surface area (Å²) in [6, 6.07) is 16.0. The van der Waals surface area contributed by atoms with Gasteiger partial charge in [-0.2, -0.15) is 0 Å². The smallest absolute Gasteiger partial charge is 0.232 e. The Bertz CT molecular complexity index is 968. The lowest BCUT2D eigenvalue weighted by Gasteiger charge is -2.36. The van der Waals surface area contributed by atoms with Crippen molar-refractivity contribution < 1.29 is 13.2 Å². The van der Waals surface area contributed by atoms with E-state index in [2.05, 4.69) is 17.0 Å². The van der Waals surface area contributed by atoms with Crippen LogP contribution in [0, 0.1) is 13.8 Å². The Balaban J connectivity index is 1.54. The van der Waals surface area contributed by atoms with Crippen LogP contribution >= 0.6 is 0 Å². The molecule has 0 aliphatic carbocycles. The van der Waals surface area contributed by atoms with E-state index in [4.69, 9.17) is 0 Å². The van der Waals surface area contributed by atoms with Gasteiger partial charge in [-0.3, -0.25) is 9.10 Å².